The van der Waals surface area contributed by atoms with Crippen molar-refractivity contribution in [1.82, 2.24) is 4.90 Å². The van der Waals surface area contributed by atoms with Gasteiger partial charge in [-0.25, -0.2) is 0 Å². The molecule has 0 aromatic carbocycles. The summed E-state index contributed by atoms with van der Waals surface area (Å²) in [5.74, 6) is -3.14. The summed E-state index contributed by atoms with van der Waals surface area (Å²) in [5.41, 5.74) is 0. The van der Waals surface area contributed by atoms with Crippen LogP contribution in [0.25, 0.3) is 0 Å². The summed E-state index contributed by atoms with van der Waals surface area (Å²) < 4.78 is 36.8. The van der Waals surface area contributed by atoms with Gasteiger partial charge in [0.25, 0.3) is 0 Å². The molecular formula is C9H13F3N2O2. The molecule has 0 fully saturated rings. The second-order valence-corrected chi connectivity index (χ2v) is 3.26. The van der Waals surface area contributed by atoms with Crippen LogP contribution >= 0.6 is 0 Å². The van der Waals surface area contributed by atoms with Crippen LogP contribution in [-0.2, 0) is 4.79 Å². The topological polar surface area (TPSA) is 64.3 Å². The Bertz CT molecular complexity index is 273. The van der Waals surface area contributed by atoms with Gasteiger partial charge >= 0.3 is 12.1 Å². The van der Waals surface area contributed by atoms with Crippen molar-refractivity contribution in [2.24, 2.45) is 5.92 Å². The molecule has 0 aliphatic carbocycles. The molecule has 0 aliphatic rings. The van der Waals surface area contributed by atoms with Crippen LogP contribution < -0.4 is 0 Å². The quantitative estimate of drug-likeness (QED) is 0.761. The summed E-state index contributed by atoms with van der Waals surface area (Å²) in [5, 5.41) is 16.8. The fraction of sp³-hybridized carbons (Fsp3) is 0.778. The monoisotopic (exact) mass is 238 g/mol. The third-order valence-electron chi connectivity index (χ3n) is 2.08. The Hall–Kier alpha value is -1.29. The van der Waals surface area contributed by atoms with Crippen molar-refractivity contribution in [3.8, 4) is 6.07 Å². The first kappa shape index (κ1) is 14.7. The maximum atomic E-state index is 12.3. The number of hydrogen-bond acceptors (Lipinski definition) is 3. The van der Waals surface area contributed by atoms with Crippen LogP contribution in [0, 0.1) is 17.2 Å². The molecule has 0 rings (SSSR count). The number of hydrogen-bond donors (Lipinski definition) is 1. The van der Waals surface area contributed by atoms with Gasteiger partial charge < -0.3 is 10.0 Å². The Labute approximate surface area is 91.3 Å². The summed E-state index contributed by atoms with van der Waals surface area (Å²) in [6.07, 6.45) is -4.80. The van der Waals surface area contributed by atoms with E-state index in [1.807, 2.05) is 0 Å². The number of nitrogens with zero attached hydrogens (tertiary/aromatic N) is 2. The zero-order valence-corrected chi connectivity index (χ0v) is 8.79. The van der Waals surface area contributed by atoms with Crippen LogP contribution in [0.2, 0.25) is 0 Å². The van der Waals surface area contributed by atoms with E-state index in [0.29, 0.717) is 0 Å². The highest BCUT2D eigenvalue weighted by atomic mass is 19.4. The van der Waals surface area contributed by atoms with Gasteiger partial charge in [0.15, 0.2) is 5.92 Å². The lowest BCUT2D eigenvalue weighted by molar-refractivity contribution is -0.163. The van der Waals surface area contributed by atoms with Crippen molar-refractivity contribution in [3.63, 3.8) is 0 Å². The normalized spacial score (nSPS) is 13.5. The van der Waals surface area contributed by atoms with Crippen molar-refractivity contribution in [2.75, 3.05) is 19.6 Å². The molecule has 0 aromatic heterocycles. The van der Waals surface area contributed by atoms with E-state index in [9.17, 15) is 18.0 Å². The lowest BCUT2D eigenvalue weighted by Crippen LogP contribution is -2.37. The predicted octanol–water partition coefficient (Wildman–Crippen LogP) is 1.49. The number of carbonyl (C=O) groups is 1. The minimum Gasteiger partial charge on any atom is -0.481 e. The van der Waals surface area contributed by atoms with E-state index in [-0.39, 0.29) is 19.5 Å². The smallest absolute Gasteiger partial charge is 0.405 e. The molecule has 92 valence electrons. The molecule has 0 saturated heterocycles. The maximum Gasteiger partial charge on any atom is 0.405 e. The number of nitriles is 1. The van der Waals surface area contributed by atoms with Gasteiger partial charge in [-0.3, -0.25) is 4.79 Å². The number of alkyl halides is 3. The van der Waals surface area contributed by atoms with Crippen LogP contribution in [-0.4, -0.2) is 41.8 Å². The van der Waals surface area contributed by atoms with E-state index in [1.165, 1.54) is 11.0 Å². The molecule has 0 heterocycles. The van der Waals surface area contributed by atoms with E-state index in [4.69, 9.17) is 10.4 Å². The van der Waals surface area contributed by atoms with Gasteiger partial charge in [0.1, 0.15) is 0 Å². The molecule has 16 heavy (non-hydrogen) atoms. The van der Waals surface area contributed by atoms with Gasteiger partial charge in [-0.05, 0) is 6.54 Å². The third-order valence-corrected chi connectivity index (χ3v) is 2.08. The molecule has 0 aliphatic heterocycles. The lowest BCUT2D eigenvalue weighted by atomic mass is 10.1. The molecule has 0 spiro atoms. The van der Waals surface area contributed by atoms with Crippen molar-refractivity contribution >= 4 is 5.97 Å². The molecule has 7 heteroatoms. The van der Waals surface area contributed by atoms with E-state index >= 15 is 0 Å². The molecule has 1 unspecified atom stereocenters. The molecule has 0 aromatic rings. The van der Waals surface area contributed by atoms with Gasteiger partial charge in [-0.1, -0.05) is 6.92 Å². The molecule has 1 atom stereocenters. The molecule has 1 N–H and O–H groups in total. The zero-order chi connectivity index (χ0) is 12.8. The van der Waals surface area contributed by atoms with Crippen molar-refractivity contribution in [3.05, 3.63) is 0 Å². The summed E-state index contributed by atoms with van der Waals surface area (Å²) in [4.78, 5) is 11.6. The van der Waals surface area contributed by atoms with E-state index in [1.54, 1.807) is 6.92 Å². The average molecular weight is 238 g/mol. The van der Waals surface area contributed by atoms with Crippen molar-refractivity contribution in [2.45, 2.75) is 19.5 Å². The highest BCUT2D eigenvalue weighted by molar-refractivity contribution is 5.66. The first-order valence-electron chi connectivity index (χ1n) is 4.71. The molecule has 0 saturated carbocycles. The highest BCUT2D eigenvalue weighted by Gasteiger charge is 2.40. The van der Waals surface area contributed by atoms with Crippen LogP contribution in [0.1, 0.15) is 13.3 Å². The minimum atomic E-state index is -4.56. The molecule has 0 radical (unpaired) electrons. The minimum absolute atomic E-state index is 0.0140. The van der Waals surface area contributed by atoms with Crippen molar-refractivity contribution < 1.29 is 23.1 Å². The number of halogens is 3. The molecule has 0 amide bonds. The Morgan fingerprint density at radius 1 is 1.56 bits per heavy atom. The summed E-state index contributed by atoms with van der Waals surface area (Å²) in [7, 11) is 0. The first-order valence-corrected chi connectivity index (χ1v) is 4.71. The van der Waals surface area contributed by atoms with Crippen molar-refractivity contribution in [1.29, 1.82) is 5.26 Å². The number of aliphatic carboxylic acids is 1. The SMILES string of the molecule is CCN(CCC(=O)O)CC(C#N)C(F)(F)F. The Kier molecular flexibility index (Phi) is 5.82. The Morgan fingerprint density at radius 2 is 2.12 bits per heavy atom. The van der Waals surface area contributed by atoms with Crippen LogP contribution in [0.5, 0.6) is 0 Å². The molecule has 0 bridgehead atoms. The van der Waals surface area contributed by atoms with E-state index < -0.39 is 24.6 Å². The zero-order valence-electron chi connectivity index (χ0n) is 8.79. The third kappa shape index (κ3) is 5.56. The van der Waals surface area contributed by atoms with Gasteiger partial charge in [-0.2, -0.15) is 18.4 Å². The summed E-state index contributed by atoms with van der Waals surface area (Å²) >= 11 is 0. The first-order chi connectivity index (χ1) is 7.31. The predicted molar refractivity (Wildman–Crippen MR) is 49.5 cm³/mol. The van der Waals surface area contributed by atoms with Crippen LogP contribution in [0.15, 0.2) is 0 Å². The molecule has 4 nitrogen and oxygen atoms in total. The standard InChI is InChI=1S/C9H13F3N2O2/c1-2-14(4-3-8(15)16)6-7(5-13)9(10,11)12/h7H,2-4,6H2,1H3,(H,15,16). The summed E-state index contributed by atoms with van der Waals surface area (Å²) in [6.45, 7) is 1.43. The van der Waals surface area contributed by atoms with Gasteiger partial charge in [0, 0.05) is 13.1 Å². The number of carboxylic acid groups (broad SMARTS) is 1. The largest absolute Gasteiger partial charge is 0.481 e. The van der Waals surface area contributed by atoms with Gasteiger partial charge in [-0.15, -0.1) is 0 Å². The van der Waals surface area contributed by atoms with Crippen LogP contribution in [0.4, 0.5) is 13.2 Å². The summed E-state index contributed by atoms with van der Waals surface area (Å²) in [6, 6.07) is 1.18. The molecular weight excluding hydrogens is 225 g/mol. The maximum absolute atomic E-state index is 12.3. The van der Waals surface area contributed by atoms with Crippen LogP contribution in [0.3, 0.4) is 0 Å². The Morgan fingerprint density at radius 3 is 2.44 bits per heavy atom. The Balaban J connectivity index is 4.30. The fourth-order valence-electron chi connectivity index (χ4n) is 1.11. The lowest BCUT2D eigenvalue weighted by Gasteiger charge is -2.23. The highest BCUT2D eigenvalue weighted by Crippen LogP contribution is 2.26. The number of rotatable bonds is 6. The van der Waals surface area contributed by atoms with E-state index in [2.05, 4.69) is 0 Å². The van der Waals surface area contributed by atoms with Gasteiger partial charge in [0.05, 0.1) is 12.5 Å². The number of carboxylic acids is 1. The second-order valence-electron chi connectivity index (χ2n) is 3.26. The van der Waals surface area contributed by atoms with Gasteiger partial charge in [0.2, 0.25) is 0 Å². The average Bonchev–Trinajstić information content (AvgIpc) is 2.16. The fourth-order valence-corrected chi connectivity index (χ4v) is 1.11. The second kappa shape index (κ2) is 6.33. The van der Waals surface area contributed by atoms with E-state index in [0.717, 1.165) is 0 Å².